The normalized spacial score (nSPS) is 11.9. The molecule has 0 aliphatic rings. The first-order valence-electron chi connectivity index (χ1n) is 6.41. The summed E-state index contributed by atoms with van der Waals surface area (Å²) >= 11 is 0. The quantitative estimate of drug-likeness (QED) is 0.497. The van der Waals surface area contributed by atoms with Gasteiger partial charge in [-0.1, -0.05) is 20.8 Å². The van der Waals surface area contributed by atoms with Crippen LogP contribution >= 0.6 is 0 Å². The second kappa shape index (κ2) is 8.48. The maximum atomic E-state index is 11.9. The molecule has 102 valence electrons. The fourth-order valence-corrected chi connectivity index (χ4v) is 1.45. The maximum absolute atomic E-state index is 11.9. The van der Waals surface area contributed by atoms with Gasteiger partial charge in [-0.25, -0.2) is 0 Å². The van der Waals surface area contributed by atoms with Crippen LogP contribution in [0.15, 0.2) is 0 Å². The van der Waals surface area contributed by atoms with Crippen molar-refractivity contribution >= 4 is 5.91 Å². The van der Waals surface area contributed by atoms with Gasteiger partial charge in [-0.3, -0.25) is 9.69 Å². The Kier molecular flexibility index (Phi) is 8.17. The van der Waals surface area contributed by atoms with Crippen LogP contribution in [0.2, 0.25) is 0 Å². The Bertz CT molecular complexity index is 215. The van der Waals surface area contributed by atoms with E-state index in [0.29, 0.717) is 6.67 Å². The van der Waals surface area contributed by atoms with Crippen LogP contribution in [0.4, 0.5) is 0 Å². The first-order chi connectivity index (χ1) is 7.90. The third-order valence-electron chi connectivity index (χ3n) is 2.61. The number of carbonyl (C=O) groups excluding carboxylic acids is 1. The van der Waals surface area contributed by atoms with Crippen LogP contribution in [0.5, 0.6) is 0 Å². The summed E-state index contributed by atoms with van der Waals surface area (Å²) in [5.41, 5.74) is -0.314. The van der Waals surface area contributed by atoms with E-state index in [4.69, 9.17) is 4.74 Å². The van der Waals surface area contributed by atoms with Gasteiger partial charge in [0.1, 0.15) is 0 Å². The molecule has 0 atom stereocenters. The molecule has 0 unspecified atom stereocenters. The standard InChI is InChI=1S/C13H28N2O2/c1-6-9-17-10-7-8-13(2,3)12(16)14-11-15(4)5/h6-11H2,1-5H3,(H,14,16). The topological polar surface area (TPSA) is 41.6 Å². The molecule has 4 nitrogen and oxygen atoms in total. The Balaban J connectivity index is 3.80. The molecule has 0 aliphatic heterocycles. The average molecular weight is 244 g/mol. The van der Waals surface area contributed by atoms with Crippen molar-refractivity contribution in [3.05, 3.63) is 0 Å². The maximum Gasteiger partial charge on any atom is 0.226 e. The zero-order chi connectivity index (χ0) is 13.3. The lowest BCUT2D eigenvalue weighted by molar-refractivity contribution is -0.130. The van der Waals surface area contributed by atoms with Crippen LogP contribution < -0.4 is 5.32 Å². The van der Waals surface area contributed by atoms with Gasteiger partial charge in [0.15, 0.2) is 0 Å². The fourth-order valence-electron chi connectivity index (χ4n) is 1.45. The Labute approximate surface area is 106 Å². The van der Waals surface area contributed by atoms with Gasteiger partial charge >= 0.3 is 0 Å². The van der Waals surface area contributed by atoms with Gasteiger partial charge in [0.05, 0.1) is 6.67 Å². The summed E-state index contributed by atoms with van der Waals surface area (Å²) < 4.78 is 5.42. The van der Waals surface area contributed by atoms with Gasteiger partial charge in [-0.15, -0.1) is 0 Å². The number of nitrogens with zero attached hydrogens (tertiary/aromatic N) is 1. The van der Waals surface area contributed by atoms with Crippen molar-refractivity contribution in [1.29, 1.82) is 0 Å². The Morgan fingerprint density at radius 2 is 1.94 bits per heavy atom. The van der Waals surface area contributed by atoms with E-state index in [2.05, 4.69) is 12.2 Å². The van der Waals surface area contributed by atoms with Crippen molar-refractivity contribution in [3.8, 4) is 0 Å². The molecular formula is C13H28N2O2. The summed E-state index contributed by atoms with van der Waals surface area (Å²) in [5.74, 6) is 0.113. The summed E-state index contributed by atoms with van der Waals surface area (Å²) in [6.45, 7) is 8.22. The minimum atomic E-state index is -0.314. The van der Waals surface area contributed by atoms with E-state index >= 15 is 0 Å². The Morgan fingerprint density at radius 1 is 1.29 bits per heavy atom. The minimum absolute atomic E-state index is 0.113. The van der Waals surface area contributed by atoms with E-state index in [0.717, 1.165) is 32.5 Å². The van der Waals surface area contributed by atoms with E-state index in [9.17, 15) is 4.79 Å². The predicted molar refractivity (Wildman–Crippen MR) is 70.8 cm³/mol. The van der Waals surface area contributed by atoms with Gasteiger partial charge in [-0.2, -0.15) is 0 Å². The van der Waals surface area contributed by atoms with Crippen molar-refractivity contribution in [2.24, 2.45) is 5.41 Å². The van der Waals surface area contributed by atoms with Crippen molar-refractivity contribution in [2.75, 3.05) is 34.0 Å². The minimum Gasteiger partial charge on any atom is -0.381 e. The largest absolute Gasteiger partial charge is 0.381 e. The highest BCUT2D eigenvalue weighted by atomic mass is 16.5. The molecule has 0 radical (unpaired) electrons. The lowest BCUT2D eigenvalue weighted by Gasteiger charge is -2.24. The summed E-state index contributed by atoms with van der Waals surface area (Å²) in [6, 6.07) is 0. The molecule has 0 aliphatic carbocycles. The molecule has 0 aromatic heterocycles. The third kappa shape index (κ3) is 8.16. The summed E-state index contributed by atoms with van der Waals surface area (Å²) in [7, 11) is 3.87. The number of amides is 1. The Hall–Kier alpha value is -0.610. The van der Waals surface area contributed by atoms with Crippen molar-refractivity contribution in [2.45, 2.75) is 40.0 Å². The summed E-state index contributed by atoms with van der Waals surface area (Å²) in [4.78, 5) is 13.9. The predicted octanol–water partition coefficient (Wildman–Crippen LogP) is 1.85. The molecular weight excluding hydrogens is 216 g/mol. The number of hydrogen-bond donors (Lipinski definition) is 1. The molecule has 1 amide bonds. The smallest absolute Gasteiger partial charge is 0.226 e. The fraction of sp³-hybridized carbons (Fsp3) is 0.923. The average Bonchev–Trinajstić information content (AvgIpc) is 2.25. The molecule has 0 heterocycles. The molecule has 0 fully saturated rings. The molecule has 0 spiro atoms. The van der Waals surface area contributed by atoms with E-state index < -0.39 is 0 Å². The highest BCUT2D eigenvalue weighted by Crippen LogP contribution is 2.22. The lowest BCUT2D eigenvalue weighted by Crippen LogP contribution is -2.41. The van der Waals surface area contributed by atoms with E-state index in [1.165, 1.54) is 0 Å². The van der Waals surface area contributed by atoms with Crippen LogP contribution in [0.1, 0.15) is 40.0 Å². The summed E-state index contributed by atoms with van der Waals surface area (Å²) in [5, 5.41) is 2.92. The van der Waals surface area contributed by atoms with Gasteiger partial charge in [0.2, 0.25) is 5.91 Å². The van der Waals surface area contributed by atoms with Crippen LogP contribution in [0.3, 0.4) is 0 Å². The molecule has 0 saturated heterocycles. The van der Waals surface area contributed by atoms with Crippen LogP contribution in [-0.2, 0) is 9.53 Å². The van der Waals surface area contributed by atoms with E-state index in [-0.39, 0.29) is 11.3 Å². The van der Waals surface area contributed by atoms with Crippen molar-refractivity contribution in [1.82, 2.24) is 10.2 Å². The van der Waals surface area contributed by atoms with Gasteiger partial charge in [-0.05, 0) is 33.4 Å². The molecule has 17 heavy (non-hydrogen) atoms. The Morgan fingerprint density at radius 3 is 2.47 bits per heavy atom. The van der Waals surface area contributed by atoms with Crippen LogP contribution in [0.25, 0.3) is 0 Å². The lowest BCUT2D eigenvalue weighted by atomic mass is 9.87. The summed E-state index contributed by atoms with van der Waals surface area (Å²) in [6.07, 6.45) is 2.84. The van der Waals surface area contributed by atoms with Crippen LogP contribution in [0, 0.1) is 5.41 Å². The highest BCUT2D eigenvalue weighted by Gasteiger charge is 2.26. The number of ether oxygens (including phenoxy) is 1. The third-order valence-corrected chi connectivity index (χ3v) is 2.61. The zero-order valence-corrected chi connectivity index (χ0v) is 12.0. The van der Waals surface area contributed by atoms with Gasteiger partial charge in [0, 0.05) is 18.6 Å². The molecule has 0 bridgehead atoms. The highest BCUT2D eigenvalue weighted by molar-refractivity contribution is 5.81. The van der Waals surface area contributed by atoms with Crippen LogP contribution in [-0.4, -0.2) is 44.8 Å². The molecule has 0 aromatic rings. The number of nitrogens with one attached hydrogen (secondary N) is 1. The van der Waals surface area contributed by atoms with Crippen molar-refractivity contribution in [3.63, 3.8) is 0 Å². The monoisotopic (exact) mass is 244 g/mol. The van der Waals surface area contributed by atoms with Gasteiger partial charge < -0.3 is 10.1 Å². The second-order valence-electron chi connectivity index (χ2n) is 5.34. The number of rotatable bonds is 9. The zero-order valence-electron chi connectivity index (χ0n) is 12.0. The molecule has 1 N–H and O–H groups in total. The van der Waals surface area contributed by atoms with Crippen molar-refractivity contribution < 1.29 is 9.53 Å². The number of carbonyl (C=O) groups is 1. The van der Waals surface area contributed by atoms with E-state index in [1.807, 2.05) is 32.8 Å². The first kappa shape index (κ1) is 16.4. The molecule has 0 saturated carbocycles. The SMILES string of the molecule is CCCOCCCC(C)(C)C(=O)NCN(C)C. The first-order valence-corrected chi connectivity index (χ1v) is 6.41. The molecule has 0 rings (SSSR count). The van der Waals surface area contributed by atoms with Gasteiger partial charge in [0.25, 0.3) is 0 Å². The number of hydrogen-bond acceptors (Lipinski definition) is 3. The molecule has 4 heteroatoms. The molecule has 0 aromatic carbocycles. The second-order valence-corrected chi connectivity index (χ2v) is 5.34. The van der Waals surface area contributed by atoms with E-state index in [1.54, 1.807) is 0 Å².